The van der Waals surface area contributed by atoms with Gasteiger partial charge in [0, 0.05) is 13.7 Å². The average Bonchev–Trinajstić information content (AvgIpc) is 2.66. The first kappa shape index (κ1) is 16.5. The van der Waals surface area contributed by atoms with Gasteiger partial charge in [-0.15, -0.1) is 0 Å². The van der Waals surface area contributed by atoms with E-state index in [0.29, 0.717) is 0 Å². The van der Waals surface area contributed by atoms with Gasteiger partial charge in [-0.2, -0.15) is 0 Å². The molecule has 0 saturated carbocycles. The van der Waals surface area contributed by atoms with E-state index < -0.39 is 0 Å². The number of fused-ring (bicyclic) bond motifs is 1. The lowest BCUT2D eigenvalue weighted by Gasteiger charge is -2.29. The van der Waals surface area contributed by atoms with Crippen LogP contribution in [0.1, 0.15) is 50.3 Å². The number of nitrogens with one attached hydrogen (secondary N) is 1. The van der Waals surface area contributed by atoms with Crippen molar-refractivity contribution in [2.75, 3.05) is 20.8 Å². The molecule has 118 valence electrons. The summed E-state index contributed by atoms with van der Waals surface area (Å²) in [6, 6.07) is 9.02. The Labute approximate surface area is 129 Å². The summed E-state index contributed by atoms with van der Waals surface area (Å²) >= 11 is 0. The minimum absolute atomic E-state index is 0.113. The van der Waals surface area contributed by atoms with Crippen LogP contribution >= 0.6 is 0 Å². The van der Waals surface area contributed by atoms with Gasteiger partial charge in [0.2, 0.25) is 0 Å². The maximum atomic E-state index is 6.22. The molecule has 1 aliphatic rings. The summed E-state index contributed by atoms with van der Waals surface area (Å²) in [4.78, 5) is 0. The Morgan fingerprint density at radius 3 is 2.76 bits per heavy atom. The first-order valence-corrected chi connectivity index (χ1v) is 7.99. The van der Waals surface area contributed by atoms with Gasteiger partial charge in [-0.05, 0) is 57.7 Å². The maximum absolute atomic E-state index is 6.22. The molecule has 1 N–H and O–H groups in total. The molecule has 2 atom stereocenters. The van der Waals surface area contributed by atoms with Crippen molar-refractivity contribution >= 4 is 0 Å². The van der Waals surface area contributed by atoms with E-state index in [2.05, 4.69) is 43.4 Å². The van der Waals surface area contributed by atoms with Crippen molar-refractivity contribution in [1.29, 1.82) is 0 Å². The van der Waals surface area contributed by atoms with Crippen molar-refractivity contribution < 1.29 is 9.47 Å². The first-order valence-electron chi connectivity index (χ1n) is 7.99. The largest absolute Gasteiger partial charge is 0.379 e. The van der Waals surface area contributed by atoms with E-state index in [-0.39, 0.29) is 17.7 Å². The predicted molar refractivity (Wildman–Crippen MR) is 86.6 cm³/mol. The van der Waals surface area contributed by atoms with Crippen molar-refractivity contribution in [3.63, 3.8) is 0 Å². The third-order valence-electron chi connectivity index (χ3n) is 4.60. The van der Waals surface area contributed by atoms with Gasteiger partial charge in [0.25, 0.3) is 0 Å². The topological polar surface area (TPSA) is 30.5 Å². The van der Waals surface area contributed by atoms with Crippen molar-refractivity contribution in [1.82, 2.24) is 5.32 Å². The van der Waals surface area contributed by atoms with Gasteiger partial charge in [0.15, 0.2) is 0 Å². The van der Waals surface area contributed by atoms with Gasteiger partial charge < -0.3 is 14.8 Å². The average molecular weight is 291 g/mol. The molecule has 3 nitrogen and oxygen atoms in total. The van der Waals surface area contributed by atoms with Crippen molar-refractivity contribution in [2.24, 2.45) is 0 Å². The van der Waals surface area contributed by atoms with Gasteiger partial charge in [-0.25, -0.2) is 0 Å². The lowest BCUT2D eigenvalue weighted by Crippen LogP contribution is -2.33. The molecule has 0 saturated heterocycles. The van der Waals surface area contributed by atoms with Crippen LogP contribution in [0, 0.1) is 0 Å². The normalized spacial score (nSPS) is 22.7. The van der Waals surface area contributed by atoms with Crippen LogP contribution in [-0.4, -0.2) is 32.5 Å². The maximum Gasteiger partial charge on any atom is 0.0769 e. The zero-order valence-corrected chi connectivity index (χ0v) is 13.8. The van der Waals surface area contributed by atoms with Crippen molar-refractivity contribution in [3.8, 4) is 0 Å². The smallest absolute Gasteiger partial charge is 0.0769 e. The fraction of sp³-hybridized carbons (Fsp3) is 0.667. The minimum Gasteiger partial charge on any atom is -0.379 e. The zero-order valence-electron chi connectivity index (χ0n) is 13.8. The summed E-state index contributed by atoms with van der Waals surface area (Å²) in [5.41, 5.74) is 2.74. The Balaban J connectivity index is 2.02. The number of rotatable bonds is 6. The summed E-state index contributed by atoms with van der Waals surface area (Å²) in [6.45, 7) is 4.95. The molecule has 1 aromatic rings. The molecule has 0 fully saturated rings. The second kappa shape index (κ2) is 7.39. The number of methoxy groups -OCH3 is 1. The van der Waals surface area contributed by atoms with Crippen molar-refractivity contribution in [2.45, 2.75) is 57.3 Å². The van der Waals surface area contributed by atoms with Gasteiger partial charge in [0.05, 0.1) is 17.7 Å². The molecule has 0 radical (unpaired) electrons. The Morgan fingerprint density at radius 1 is 1.29 bits per heavy atom. The monoisotopic (exact) mass is 291 g/mol. The summed E-state index contributed by atoms with van der Waals surface area (Å²) in [5, 5.41) is 3.46. The third kappa shape index (κ3) is 4.29. The fourth-order valence-corrected chi connectivity index (χ4v) is 3.01. The molecule has 21 heavy (non-hydrogen) atoms. The lowest BCUT2D eigenvalue weighted by atomic mass is 9.97. The Bertz CT molecular complexity index is 445. The standard InChI is InChI=1S/C18H29NO2/c1-18(2,20-4)12-13-21-16-11-7-9-14-8-5-6-10-15(14)17(16)19-3/h5-6,8,10,16-17,19H,7,9,11-13H2,1-4H3. The van der Waals surface area contributed by atoms with E-state index in [1.165, 1.54) is 17.5 Å². The summed E-state index contributed by atoms with van der Waals surface area (Å²) in [5.74, 6) is 0. The molecular formula is C18H29NO2. The van der Waals surface area contributed by atoms with Crippen LogP contribution in [0.2, 0.25) is 0 Å². The highest BCUT2D eigenvalue weighted by molar-refractivity contribution is 5.32. The molecule has 2 unspecified atom stereocenters. The van der Waals surface area contributed by atoms with E-state index in [1.807, 2.05) is 7.05 Å². The number of ether oxygens (including phenoxy) is 2. The highest BCUT2D eigenvalue weighted by Gasteiger charge is 2.27. The molecule has 0 spiro atoms. The quantitative estimate of drug-likeness (QED) is 0.814. The summed E-state index contributed by atoms with van der Waals surface area (Å²) < 4.78 is 11.7. The fourth-order valence-electron chi connectivity index (χ4n) is 3.01. The van der Waals surface area contributed by atoms with Crippen LogP contribution in [0.4, 0.5) is 0 Å². The first-order chi connectivity index (χ1) is 10.1. The van der Waals surface area contributed by atoms with Gasteiger partial charge in [-0.3, -0.25) is 0 Å². The highest BCUT2D eigenvalue weighted by atomic mass is 16.5. The molecule has 0 bridgehead atoms. The molecule has 1 aliphatic carbocycles. The van der Waals surface area contributed by atoms with Crippen molar-refractivity contribution in [3.05, 3.63) is 35.4 Å². The van der Waals surface area contributed by atoms with E-state index in [1.54, 1.807) is 7.11 Å². The van der Waals surface area contributed by atoms with E-state index in [9.17, 15) is 0 Å². The molecule has 0 heterocycles. The van der Waals surface area contributed by atoms with Gasteiger partial charge >= 0.3 is 0 Å². The van der Waals surface area contributed by atoms with Crippen LogP contribution in [0.5, 0.6) is 0 Å². The SMILES string of the molecule is CNC1c2ccccc2CCCC1OCCC(C)(C)OC. The number of aryl methyl sites for hydroxylation is 1. The Morgan fingerprint density at radius 2 is 2.05 bits per heavy atom. The minimum atomic E-state index is -0.113. The lowest BCUT2D eigenvalue weighted by molar-refractivity contribution is -0.0364. The highest BCUT2D eigenvalue weighted by Crippen LogP contribution is 2.31. The molecule has 0 amide bonds. The summed E-state index contributed by atoms with van der Waals surface area (Å²) in [6.07, 6.45) is 4.60. The molecule has 2 rings (SSSR count). The summed E-state index contributed by atoms with van der Waals surface area (Å²) in [7, 11) is 3.79. The van der Waals surface area contributed by atoms with Crippen LogP contribution in [0.25, 0.3) is 0 Å². The van der Waals surface area contributed by atoms with Crippen LogP contribution < -0.4 is 5.32 Å². The number of hydrogen-bond donors (Lipinski definition) is 1. The van der Waals surface area contributed by atoms with Gasteiger partial charge in [0.1, 0.15) is 0 Å². The number of likely N-dealkylation sites (N-methyl/N-ethyl adjacent to an activating group) is 1. The second-order valence-corrected chi connectivity index (χ2v) is 6.48. The van der Waals surface area contributed by atoms with E-state index in [4.69, 9.17) is 9.47 Å². The number of benzene rings is 1. The third-order valence-corrected chi connectivity index (χ3v) is 4.60. The molecule has 3 heteroatoms. The van der Waals surface area contributed by atoms with Crippen LogP contribution in [0.15, 0.2) is 24.3 Å². The Kier molecular flexibility index (Phi) is 5.80. The van der Waals surface area contributed by atoms with Crippen LogP contribution in [-0.2, 0) is 15.9 Å². The predicted octanol–water partition coefficient (Wildman–Crippen LogP) is 3.48. The van der Waals surface area contributed by atoms with E-state index >= 15 is 0 Å². The molecule has 0 aromatic heterocycles. The Hall–Kier alpha value is -0.900. The molecule has 0 aliphatic heterocycles. The second-order valence-electron chi connectivity index (χ2n) is 6.48. The molecular weight excluding hydrogens is 262 g/mol. The zero-order chi connectivity index (χ0) is 15.3. The van der Waals surface area contributed by atoms with Gasteiger partial charge in [-0.1, -0.05) is 24.3 Å². The molecule has 1 aromatic carbocycles. The van der Waals surface area contributed by atoms with Crippen LogP contribution in [0.3, 0.4) is 0 Å². The number of hydrogen-bond acceptors (Lipinski definition) is 3. The van der Waals surface area contributed by atoms with E-state index in [0.717, 1.165) is 25.9 Å².